The zero-order chi connectivity index (χ0) is 14.0. The molecule has 106 valence electrons. The monoisotopic (exact) mass is 289 g/mol. The predicted molar refractivity (Wildman–Crippen MR) is 80.7 cm³/mol. The number of aromatic nitrogens is 2. The van der Waals surface area contributed by atoms with Gasteiger partial charge in [0.25, 0.3) is 0 Å². The highest BCUT2D eigenvalue weighted by molar-refractivity contribution is 7.98. The van der Waals surface area contributed by atoms with Gasteiger partial charge in [0.2, 0.25) is 11.7 Å². The lowest BCUT2D eigenvalue weighted by molar-refractivity contribution is 0.284. The number of nitrogens with two attached hydrogens (primary N) is 1. The summed E-state index contributed by atoms with van der Waals surface area (Å²) in [6.07, 6.45) is 6.55. The molecule has 0 saturated heterocycles. The van der Waals surface area contributed by atoms with Crippen LogP contribution in [-0.4, -0.2) is 22.9 Å². The standard InChI is InChI=1S/C15H19N3OS/c1-20-12-6-4-11(5-7-12)13-17-14(19-18-13)15(10-16)8-2-3-9-15/h4-7H,2-3,8-10,16H2,1H3. The number of benzene rings is 1. The number of rotatable bonds is 4. The molecule has 1 aromatic carbocycles. The minimum atomic E-state index is -0.0928. The van der Waals surface area contributed by atoms with Gasteiger partial charge >= 0.3 is 0 Å². The van der Waals surface area contributed by atoms with Gasteiger partial charge in [-0.3, -0.25) is 0 Å². The molecule has 0 spiro atoms. The lowest BCUT2D eigenvalue weighted by atomic mass is 9.86. The van der Waals surface area contributed by atoms with Crippen LogP contribution >= 0.6 is 11.8 Å². The summed E-state index contributed by atoms with van der Waals surface area (Å²) in [5.74, 6) is 1.37. The minimum absolute atomic E-state index is 0.0928. The van der Waals surface area contributed by atoms with Crippen LogP contribution in [0.25, 0.3) is 11.4 Å². The van der Waals surface area contributed by atoms with Crippen LogP contribution in [0.5, 0.6) is 0 Å². The maximum absolute atomic E-state index is 5.96. The van der Waals surface area contributed by atoms with E-state index in [2.05, 4.69) is 28.5 Å². The van der Waals surface area contributed by atoms with Crippen molar-refractivity contribution >= 4 is 11.8 Å². The molecule has 2 aromatic rings. The first kappa shape index (κ1) is 13.6. The van der Waals surface area contributed by atoms with E-state index in [1.54, 1.807) is 11.8 Å². The van der Waals surface area contributed by atoms with E-state index >= 15 is 0 Å². The topological polar surface area (TPSA) is 64.9 Å². The normalized spacial score (nSPS) is 17.5. The highest BCUT2D eigenvalue weighted by Gasteiger charge is 2.39. The lowest BCUT2D eigenvalue weighted by Gasteiger charge is -2.21. The molecule has 1 aliphatic carbocycles. The van der Waals surface area contributed by atoms with Crippen molar-refractivity contribution in [1.29, 1.82) is 0 Å². The molecule has 4 nitrogen and oxygen atoms in total. The van der Waals surface area contributed by atoms with Crippen LogP contribution in [0.3, 0.4) is 0 Å². The van der Waals surface area contributed by atoms with E-state index in [0.717, 1.165) is 18.4 Å². The van der Waals surface area contributed by atoms with Crippen molar-refractivity contribution in [1.82, 2.24) is 10.1 Å². The Balaban J connectivity index is 1.89. The van der Waals surface area contributed by atoms with E-state index in [1.807, 2.05) is 12.1 Å². The molecule has 0 atom stereocenters. The van der Waals surface area contributed by atoms with Crippen LogP contribution in [0.4, 0.5) is 0 Å². The van der Waals surface area contributed by atoms with Crippen LogP contribution in [-0.2, 0) is 5.41 Å². The predicted octanol–water partition coefficient (Wildman–Crippen LogP) is 3.23. The Morgan fingerprint density at radius 2 is 1.95 bits per heavy atom. The second-order valence-corrected chi connectivity index (χ2v) is 6.22. The van der Waals surface area contributed by atoms with Crippen molar-refractivity contribution in [2.24, 2.45) is 5.73 Å². The van der Waals surface area contributed by atoms with Gasteiger partial charge in [-0.05, 0) is 43.4 Å². The Bertz CT molecular complexity index is 573. The summed E-state index contributed by atoms with van der Waals surface area (Å²) >= 11 is 1.72. The molecule has 5 heteroatoms. The fourth-order valence-corrected chi connectivity index (χ4v) is 3.26. The second-order valence-electron chi connectivity index (χ2n) is 5.34. The molecule has 0 bridgehead atoms. The van der Waals surface area contributed by atoms with E-state index < -0.39 is 0 Å². The summed E-state index contributed by atoms with van der Waals surface area (Å²) in [7, 11) is 0. The van der Waals surface area contributed by atoms with Gasteiger partial charge in [0.05, 0.1) is 5.41 Å². The summed E-state index contributed by atoms with van der Waals surface area (Å²) in [4.78, 5) is 5.82. The first-order valence-corrected chi connectivity index (χ1v) is 8.18. The first-order chi connectivity index (χ1) is 9.77. The molecule has 1 heterocycles. The minimum Gasteiger partial charge on any atom is -0.338 e. The maximum atomic E-state index is 5.96. The maximum Gasteiger partial charge on any atom is 0.234 e. The second kappa shape index (κ2) is 5.58. The van der Waals surface area contributed by atoms with Crippen LogP contribution in [0.15, 0.2) is 33.7 Å². The third-order valence-corrected chi connectivity index (χ3v) is 4.92. The summed E-state index contributed by atoms with van der Waals surface area (Å²) in [6, 6.07) is 8.21. The Hall–Kier alpha value is -1.33. The lowest BCUT2D eigenvalue weighted by Crippen LogP contribution is -2.32. The van der Waals surface area contributed by atoms with Gasteiger partial charge in [-0.2, -0.15) is 4.98 Å². The van der Waals surface area contributed by atoms with Crippen LogP contribution in [0.1, 0.15) is 31.6 Å². The Labute approximate surface area is 123 Å². The molecule has 0 amide bonds. The largest absolute Gasteiger partial charge is 0.338 e. The summed E-state index contributed by atoms with van der Waals surface area (Å²) in [5.41, 5.74) is 6.85. The molecule has 3 rings (SSSR count). The van der Waals surface area contributed by atoms with Crippen LogP contribution < -0.4 is 5.73 Å². The number of hydrogen-bond acceptors (Lipinski definition) is 5. The van der Waals surface area contributed by atoms with Gasteiger partial charge in [0.1, 0.15) is 0 Å². The van der Waals surface area contributed by atoms with E-state index in [-0.39, 0.29) is 5.41 Å². The Morgan fingerprint density at radius 1 is 1.25 bits per heavy atom. The number of thioether (sulfide) groups is 1. The molecule has 1 aromatic heterocycles. The Morgan fingerprint density at radius 3 is 2.55 bits per heavy atom. The van der Waals surface area contributed by atoms with E-state index in [1.165, 1.54) is 17.7 Å². The average molecular weight is 289 g/mol. The molecule has 20 heavy (non-hydrogen) atoms. The summed E-state index contributed by atoms with van der Waals surface area (Å²) in [6.45, 7) is 0.583. The van der Waals surface area contributed by atoms with E-state index in [0.29, 0.717) is 18.3 Å². The van der Waals surface area contributed by atoms with Gasteiger partial charge in [-0.25, -0.2) is 0 Å². The van der Waals surface area contributed by atoms with Gasteiger partial charge in [-0.15, -0.1) is 11.8 Å². The highest BCUT2D eigenvalue weighted by atomic mass is 32.2. The van der Waals surface area contributed by atoms with Crippen molar-refractivity contribution < 1.29 is 4.52 Å². The average Bonchev–Trinajstić information content (AvgIpc) is 3.17. The molecular formula is C15H19N3OS. The van der Waals surface area contributed by atoms with Crippen molar-refractivity contribution in [3.05, 3.63) is 30.2 Å². The van der Waals surface area contributed by atoms with Gasteiger partial charge in [0.15, 0.2) is 0 Å². The van der Waals surface area contributed by atoms with E-state index in [4.69, 9.17) is 10.3 Å². The van der Waals surface area contributed by atoms with E-state index in [9.17, 15) is 0 Å². The fraction of sp³-hybridized carbons (Fsp3) is 0.467. The van der Waals surface area contributed by atoms with Crippen LogP contribution in [0.2, 0.25) is 0 Å². The molecular weight excluding hydrogens is 270 g/mol. The molecule has 1 fully saturated rings. The van der Waals surface area contributed by atoms with Gasteiger partial charge in [0, 0.05) is 17.0 Å². The molecule has 0 unspecified atom stereocenters. The van der Waals surface area contributed by atoms with Crippen molar-refractivity contribution in [2.45, 2.75) is 36.0 Å². The Kier molecular flexibility index (Phi) is 3.81. The van der Waals surface area contributed by atoms with Crippen molar-refractivity contribution in [3.63, 3.8) is 0 Å². The quantitative estimate of drug-likeness (QED) is 0.875. The summed E-state index contributed by atoms with van der Waals surface area (Å²) < 4.78 is 5.51. The molecule has 0 radical (unpaired) electrons. The van der Waals surface area contributed by atoms with Crippen LogP contribution in [0, 0.1) is 0 Å². The molecule has 1 aliphatic rings. The van der Waals surface area contributed by atoms with Gasteiger partial charge in [-0.1, -0.05) is 18.0 Å². The number of hydrogen-bond donors (Lipinski definition) is 1. The zero-order valence-electron chi connectivity index (χ0n) is 11.6. The third-order valence-electron chi connectivity index (χ3n) is 4.18. The SMILES string of the molecule is CSc1ccc(-c2noc(C3(CN)CCCC3)n2)cc1. The van der Waals surface area contributed by atoms with Crippen molar-refractivity contribution in [3.8, 4) is 11.4 Å². The van der Waals surface area contributed by atoms with Gasteiger partial charge < -0.3 is 10.3 Å². The highest BCUT2D eigenvalue weighted by Crippen LogP contribution is 2.39. The smallest absolute Gasteiger partial charge is 0.234 e. The fourth-order valence-electron chi connectivity index (χ4n) is 2.85. The zero-order valence-corrected chi connectivity index (χ0v) is 12.4. The third kappa shape index (κ3) is 2.36. The molecule has 0 aliphatic heterocycles. The first-order valence-electron chi connectivity index (χ1n) is 6.96. The summed E-state index contributed by atoms with van der Waals surface area (Å²) in [5, 5.41) is 4.13. The molecule has 1 saturated carbocycles. The van der Waals surface area contributed by atoms with Crippen molar-refractivity contribution in [2.75, 3.05) is 12.8 Å². The molecule has 2 N–H and O–H groups in total. The number of nitrogens with zero attached hydrogens (tertiary/aromatic N) is 2.